The van der Waals surface area contributed by atoms with Gasteiger partial charge in [0.15, 0.2) is 0 Å². The zero-order valence-electron chi connectivity index (χ0n) is 10.8. The fourth-order valence-corrected chi connectivity index (χ4v) is 2.66. The highest BCUT2D eigenvalue weighted by Gasteiger charge is 2.28. The predicted octanol–water partition coefficient (Wildman–Crippen LogP) is 1.93. The van der Waals surface area contributed by atoms with Crippen LogP contribution in [0.15, 0.2) is 24.3 Å². The van der Waals surface area contributed by atoms with Gasteiger partial charge in [0, 0.05) is 12.1 Å². The van der Waals surface area contributed by atoms with Gasteiger partial charge < -0.3 is 5.32 Å². The first kappa shape index (κ1) is 11.7. The van der Waals surface area contributed by atoms with Crippen molar-refractivity contribution in [3.05, 3.63) is 35.4 Å². The van der Waals surface area contributed by atoms with Gasteiger partial charge in [-0.1, -0.05) is 24.3 Å². The molecule has 1 amide bonds. The summed E-state index contributed by atoms with van der Waals surface area (Å²) in [5, 5.41) is 6.51. The van der Waals surface area contributed by atoms with Gasteiger partial charge in [-0.2, -0.15) is 0 Å². The zero-order chi connectivity index (χ0) is 12.5. The molecular formula is C15H20N2O. The Kier molecular flexibility index (Phi) is 3.08. The van der Waals surface area contributed by atoms with E-state index < -0.39 is 0 Å². The van der Waals surface area contributed by atoms with Crippen LogP contribution in [-0.4, -0.2) is 18.0 Å². The van der Waals surface area contributed by atoms with Crippen LogP contribution in [0.2, 0.25) is 0 Å². The molecule has 2 atom stereocenters. The first-order valence-corrected chi connectivity index (χ1v) is 6.88. The average molecular weight is 244 g/mol. The van der Waals surface area contributed by atoms with Crippen LogP contribution in [0.4, 0.5) is 0 Å². The van der Waals surface area contributed by atoms with Crippen molar-refractivity contribution in [1.29, 1.82) is 0 Å². The second kappa shape index (κ2) is 4.73. The standard InChI is InChI=1S/C15H20N2O/c1-10(15(18)17-12-7-8-12)16-14-9-6-11-4-2-3-5-13(11)14/h2-5,10,12,14,16H,6-9H2,1H3,(H,17,18). The van der Waals surface area contributed by atoms with E-state index in [1.54, 1.807) is 0 Å². The summed E-state index contributed by atoms with van der Waals surface area (Å²) in [4.78, 5) is 11.9. The number of nitrogens with one attached hydrogen (secondary N) is 2. The van der Waals surface area contributed by atoms with E-state index in [4.69, 9.17) is 0 Å². The Labute approximate surface area is 108 Å². The number of benzene rings is 1. The molecule has 96 valence electrons. The number of hydrogen-bond acceptors (Lipinski definition) is 2. The van der Waals surface area contributed by atoms with Gasteiger partial charge in [-0.05, 0) is 43.7 Å². The number of hydrogen-bond donors (Lipinski definition) is 2. The van der Waals surface area contributed by atoms with Crippen molar-refractivity contribution in [2.24, 2.45) is 0 Å². The van der Waals surface area contributed by atoms with Crippen molar-refractivity contribution in [2.75, 3.05) is 0 Å². The largest absolute Gasteiger partial charge is 0.352 e. The maximum atomic E-state index is 11.9. The number of amides is 1. The molecule has 1 aromatic carbocycles. The smallest absolute Gasteiger partial charge is 0.237 e. The predicted molar refractivity (Wildman–Crippen MR) is 71.3 cm³/mol. The van der Waals surface area contributed by atoms with Crippen LogP contribution < -0.4 is 10.6 Å². The summed E-state index contributed by atoms with van der Waals surface area (Å²) in [6.45, 7) is 1.96. The normalized spacial score (nSPS) is 23.5. The van der Waals surface area contributed by atoms with Crippen LogP contribution in [0.3, 0.4) is 0 Å². The molecule has 2 N–H and O–H groups in total. The molecule has 0 heterocycles. The highest BCUT2D eigenvalue weighted by molar-refractivity contribution is 5.81. The van der Waals surface area contributed by atoms with E-state index in [-0.39, 0.29) is 11.9 Å². The lowest BCUT2D eigenvalue weighted by atomic mass is 10.1. The average Bonchev–Trinajstić information content (AvgIpc) is 3.10. The van der Waals surface area contributed by atoms with Crippen molar-refractivity contribution in [3.63, 3.8) is 0 Å². The molecule has 0 radical (unpaired) electrons. The van der Waals surface area contributed by atoms with Crippen LogP contribution in [-0.2, 0) is 11.2 Å². The molecule has 18 heavy (non-hydrogen) atoms. The summed E-state index contributed by atoms with van der Waals surface area (Å²) in [6, 6.07) is 9.19. The summed E-state index contributed by atoms with van der Waals surface area (Å²) in [5.74, 6) is 0.141. The molecule has 0 saturated heterocycles. The molecule has 2 unspecified atom stereocenters. The van der Waals surface area contributed by atoms with Gasteiger partial charge in [-0.25, -0.2) is 0 Å². The van der Waals surface area contributed by atoms with Gasteiger partial charge in [0.2, 0.25) is 5.91 Å². The van der Waals surface area contributed by atoms with Gasteiger partial charge in [0.05, 0.1) is 6.04 Å². The Morgan fingerprint density at radius 1 is 1.28 bits per heavy atom. The molecular weight excluding hydrogens is 224 g/mol. The lowest BCUT2D eigenvalue weighted by Gasteiger charge is -2.20. The van der Waals surface area contributed by atoms with Gasteiger partial charge in [-0.15, -0.1) is 0 Å². The van der Waals surface area contributed by atoms with Crippen LogP contribution in [0.5, 0.6) is 0 Å². The second-order valence-electron chi connectivity index (χ2n) is 5.46. The van der Waals surface area contributed by atoms with Gasteiger partial charge in [0.25, 0.3) is 0 Å². The molecule has 1 fully saturated rings. The summed E-state index contributed by atoms with van der Waals surface area (Å²) < 4.78 is 0. The van der Waals surface area contributed by atoms with E-state index in [1.165, 1.54) is 11.1 Å². The molecule has 0 bridgehead atoms. The third-order valence-corrected chi connectivity index (χ3v) is 3.90. The second-order valence-corrected chi connectivity index (χ2v) is 5.46. The lowest BCUT2D eigenvalue weighted by molar-refractivity contribution is -0.123. The minimum absolute atomic E-state index is 0.109. The number of carbonyl (C=O) groups excluding carboxylic acids is 1. The lowest BCUT2D eigenvalue weighted by Crippen LogP contribution is -2.44. The van der Waals surface area contributed by atoms with Gasteiger partial charge in [0.1, 0.15) is 0 Å². The topological polar surface area (TPSA) is 41.1 Å². The van der Waals surface area contributed by atoms with E-state index in [2.05, 4.69) is 34.9 Å². The molecule has 1 aromatic rings. The van der Waals surface area contributed by atoms with E-state index in [0.717, 1.165) is 25.7 Å². The van der Waals surface area contributed by atoms with Crippen LogP contribution >= 0.6 is 0 Å². The van der Waals surface area contributed by atoms with Crippen molar-refractivity contribution in [3.8, 4) is 0 Å². The van der Waals surface area contributed by atoms with Gasteiger partial charge in [-0.3, -0.25) is 10.1 Å². The minimum atomic E-state index is -0.109. The molecule has 1 saturated carbocycles. The van der Waals surface area contributed by atoms with E-state index in [9.17, 15) is 4.79 Å². The van der Waals surface area contributed by atoms with Crippen molar-refractivity contribution in [1.82, 2.24) is 10.6 Å². The summed E-state index contributed by atoms with van der Waals surface area (Å²) in [7, 11) is 0. The molecule has 0 spiro atoms. The van der Waals surface area contributed by atoms with Crippen molar-refractivity contribution in [2.45, 2.75) is 50.7 Å². The summed E-state index contributed by atoms with van der Waals surface area (Å²) >= 11 is 0. The Bertz CT molecular complexity index is 454. The number of fused-ring (bicyclic) bond motifs is 1. The fourth-order valence-electron chi connectivity index (χ4n) is 2.66. The summed E-state index contributed by atoms with van der Waals surface area (Å²) in [6.07, 6.45) is 4.50. The van der Waals surface area contributed by atoms with E-state index in [1.807, 2.05) is 6.92 Å². The van der Waals surface area contributed by atoms with E-state index >= 15 is 0 Å². The molecule has 2 aliphatic carbocycles. The summed E-state index contributed by atoms with van der Waals surface area (Å²) in [5.41, 5.74) is 2.79. The maximum Gasteiger partial charge on any atom is 0.237 e. The molecule has 2 aliphatic rings. The molecule has 0 aromatic heterocycles. The van der Waals surface area contributed by atoms with Gasteiger partial charge >= 0.3 is 0 Å². The molecule has 3 nitrogen and oxygen atoms in total. The Morgan fingerprint density at radius 3 is 2.83 bits per heavy atom. The van der Waals surface area contributed by atoms with Crippen LogP contribution in [0.25, 0.3) is 0 Å². The molecule has 0 aliphatic heterocycles. The molecule has 3 rings (SSSR count). The Morgan fingerprint density at radius 2 is 2.06 bits per heavy atom. The number of aryl methyl sites for hydroxylation is 1. The van der Waals surface area contributed by atoms with Crippen molar-refractivity contribution < 1.29 is 4.79 Å². The van der Waals surface area contributed by atoms with Crippen LogP contribution in [0.1, 0.15) is 43.4 Å². The monoisotopic (exact) mass is 244 g/mol. The van der Waals surface area contributed by atoms with Crippen LogP contribution in [0, 0.1) is 0 Å². The molecule has 3 heteroatoms. The number of rotatable bonds is 4. The fraction of sp³-hybridized carbons (Fsp3) is 0.533. The van der Waals surface area contributed by atoms with E-state index in [0.29, 0.717) is 12.1 Å². The Balaban J connectivity index is 1.61. The minimum Gasteiger partial charge on any atom is -0.352 e. The first-order valence-electron chi connectivity index (χ1n) is 6.88. The zero-order valence-corrected chi connectivity index (χ0v) is 10.8. The van der Waals surface area contributed by atoms with Crippen molar-refractivity contribution >= 4 is 5.91 Å². The highest BCUT2D eigenvalue weighted by atomic mass is 16.2. The highest BCUT2D eigenvalue weighted by Crippen LogP contribution is 2.31. The number of carbonyl (C=O) groups is 1. The first-order chi connectivity index (χ1) is 8.74. The Hall–Kier alpha value is -1.35. The quantitative estimate of drug-likeness (QED) is 0.849. The maximum absolute atomic E-state index is 11.9. The SMILES string of the molecule is CC(NC1CCc2ccccc21)C(=O)NC1CC1. The third-order valence-electron chi connectivity index (χ3n) is 3.90. The third kappa shape index (κ3) is 2.41.